The Labute approximate surface area is 136 Å². The Bertz CT molecular complexity index is 614. The van der Waals surface area contributed by atoms with Crippen LogP contribution in [-0.2, 0) is 0 Å². The van der Waals surface area contributed by atoms with Crippen LogP contribution in [0.2, 0.25) is 5.02 Å². The fourth-order valence-corrected chi connectivity index (χ4v) is 2.66. The van der Waals surface area contributed by atoms with Crippen LogP contribution in [0.15, 0.2) is 42.5 Å². The van der Waals surface area contributed by atoms with Gasteiger partial charge in [-0.25, -0.2) is 0 Å². The van der Waals surface area contributed by atoms with Crippen LogP contribution < -0.4 is 10.1 Å². The number of nitrogens with one attached hydrogen (secondary N) is 1. The molecule has 1 N–H and O–H groups in total. The van der Waals surface area contributed by atoms with Crippen molar-refractivity contribution in [2.75, 3.05) is 11.9 Å². The van der Waals surface area contributed by atoms with Crippen molar-refractivity contribution in [3.8, 4) is 5.75 Å². The molecular weight excluding hydrogens is 389 g/mol. The Morgan fingerprint density at radius 2 is 1.95 bits per heavy atom. The standard InChI is InChI=1S/C15H13ClINO2/c1-2-20-12-6-3-10(4-7-12)15(19)18-14-8-5-11(16)9-13(14)17/h3-9H,2H2,1H3,(H,18,19). The molecular formula is C15H13ClINO2. The maximum Gasteiger partial charge on any atom is 0.255 e. The number of halogens is 2. The van der Waals surface area contributed by atoms with E-state index in [2.05, 4.69) is 27.9 Å². The number of hydrogen-bond donors (Lipinski definition) is 1. The Morgan fingerprint density at radius 3 is 2.55 bits per heavy atom. The van der Waals surface area contributed by atoms with Crippen LogP contribution in [-0.4, -0.2) is 12.5 Å². The first-order chi connectivity index (χ1) is 9.60. The number of anilines is 1. The van der Waals surface area contributed by atoms with E-state index in [1.165, 1.54) is 0 Å². The fraction of sp³-hybridized carbons (Fsp3) is 0.133. The van der Waals surface area contributed by atoms with Crippen molar-refractivity contribution in [2.45, 2.75) is 6.92 Å². The minimum atomic E-state index is -0.159. The quantitative estimate of drug-likeness (QED) is 0.761. The lowest BCUT2D eigenvalue weighted by molar-refractivity contribution is 0.102. The highest BCUT2D eigenvalue weighted by Gasteiger charge is 2.08. The molecule has 0 heterocycles. The summed E-state index contributed by atoms with van der Waals surface area (Å²) in [4.78, 5) is 12.1. The van der Waals surface area contributed by atoms with Crippen molar-refractivity contribution in [3.63, 3.8) is 0 Å². The Kier molecular flexibility index (Phi) is 5.25. The lowest BCUT2D eigenvalue weighted by Crippen LogP contribution is -2.12. The van der Waals surface area contributed by atoms with Crippen molar-refractivity contribution in [1.29, 1.82) is 0 Å². The zero-order chi connectivity index (χ0) is 14.5. The van der Waals surface area contributed by atoms with Crippen molar-refractivity contribution in [1.82, 2.24) is 0 Å². The molecule has 2 aromatic rings. The van der Waals surface area contributed by atoms with Gasteiger partial charge in [-0.3, -0.25) is 4.79 Å². The molecule has 0 unspecified atom stereocenters. The maximum atomic E-state index is 12.1. The molecule has 0 saturated heterocycles. The Balaban J connectivity index is 2.11. The van der Waals surface area contributed by atoms with Gasteiger partial charge in [-0.2, -0.15) is 0 Å². The zero-order valence-corrected chi connectivity index (χ0v) is 13.7. The van der Waals surface area contributed by atoms with E-state index >= 15 is 0 Å². The molecule has 0 saturated carbocycles. The molecule has 3 nitrogen and oxygen atoms in total. The molecule has 0 aliphatic carbocycles. The van der Waals surface area contributed by atoms with Crippen LogP contribution >= 0.6 is 34.2 Å². The summed E-state index contributed by atoms with van der Waals surface area (Å²) in [6.45, 7) is 2.53. The Morgan fingerprint density at radius 1 is 1.25 bits per heavy atom. The zero-order valence-electron chi connectivity index (χ0n) is 10.8. The molecule has 0 radical (unpaired) electrons. The number of carbonyl (C=O) groups excluding carboxylic acids is 1. The summed E-state index contributed by atoms with van der Waals surface area (Å²) in [6, 6.07) is 12.4. The average Bonchev–Trinajstić information content (AvgIpc) is 2.43. The highest BCUT2D eigenvalue weighted by Crippen LogP contribution is 2.23. The highest BCUT2D eigenvalue weighted by atomic mass is 127. The molecule has 20 heavy (non-hydrogen) atoms. The summed E-state index contributed by atoms with van der Waals surface area (Å²) < 4.78 is 6.24. The van der Waals surface area contributed by atoms with Gasteiger partial charge in [0.15, 0.2) is 0 Å². The first kappa shape index (κ1) is 15.1. The van der Waals surface area contributed by atoms with Crippen LogP contribution in [0.3, 0.4) is 0 Å². The summed E-state index contributed by atoms with van der Waals surface area (Å²) in [6.07, 6.45) is 0. The molecule has 2 rings (SSSR count). The first-order valence-electron chi connectivity index (χ1n) is 6.09. The number of carbonyl (C=O) groups is 1. The second-order valence-electron chi connectivity index (χ2n) is 4.04. The van der Waals surface area contributed by atoms with E-state index < -0.39 is 0 Å². The fourth-order valence-electron chi connectivity index (χ4n) is 1.65. The predicted octanol–water partition coefficient (Wildman–Crippen LogP) is 4.60. The number of rotatable bonds is 4. The molecule has 2 aromatic carbocycles. The molecule has 0 spiro atoms. The van der Waals surface area contributed by atoms with Gasteiger partial charge in [0.2, 0.25) is 0 Å². The predicted molar refractivity (Wildman–Crippen MR) is 89.7 cm³/mol. The largest absolute Gasteiger partial charge is 0.494 e. The lowest BCUT2D eigenvalue weighted by atomic mass is 10.2. The summed E-state index contributed by atoms with van der Waals surface area (Å²) in [7, 11) is 0. The van der Waals surface area contributed by atoms with E-state index in [9.17, 15) is 4.79 Å². The number of benzene rings is 2. The molecule has 0 aliphatic heterocycles. The monoisotopic (exact) mass is 401 g/mol. The molecule has 0 bridgehead atoms. The van der Waals surface area contributed by atoms with Gasteiger partial charge in [0, 0.05) is 14.2 Å². The lowest BCUT2D eigenvalue weighted by Gasteiger charge is -2.08. The molecule has 5 heteroatoms. The third-order valence-electron chi connectivity index (χ3n) is 2.61. The van der Waals surface area contributed by atoms with Gasteiger partial charge in [-0.1, -0.05) is 11.6 Å². The molecule has 0 aliphatic rings. The van der Waals surface area contributed by atoms with Crippen LogP contribution in [0.5, 0.6) is 5.75 Å². The van der Waals surface area contributed by atoms with E-state index in [0.29, 0.717) is 17.2 Å². The van der Waals surface area contributed by atoms with Crippen molar-refractivity contribution in [3.05, 3.63) is 56.6 Å². The van der Waals surface area contributed by atoms with Crippen LogP contribution in [0, 0.1) is 3.57 Å². The minimum Gasteiger partial charge on any atom is -0.494 e. The number of hydrogen-bond acceptors (Lipinski definition) is 2. The molecule has 0 aromatic heterocycles. The number of amides is 1. The van der Waals surface area contributed by atoms with Gasteiger partial charge in [-0.05, 0) is 72.0 Å². The third kappa shape index (κ3) is 3.86. The summed E-state index contributed by atoms with van der Waals surface area (Å²) in [5, 5.41) is 3.51. The van der Waals surface area contributed by atoms with Gasteiger partial charge in [0.05, 0.1) is 12.3 Å². The van der Waals surface area contributed by atoms with Crippen molar-refractivity contribution < 1.29 is 9.53 Å². The topological polar surface area (TPSA) is 38.3 Å². The van der Waals surface area contributed by atoms with Crippen molar-refractivity contribution >= 4 is 45.8 Å². The van der Waals surface area contributed by atoms with E-state index in [1.54, 1.807) is 42.5 Å². The summed E-state index contributed by atoms with van der Waals surface area (Å²) in [5.74, 6) is 0.596. The van der Waals surface area contributed by atoms with Crippen LogP contribution in [0.4, 0.5) is 5.69 Å². The van der Waals surface area contributed by atoms with Gasteiger partial charge < -0.3 is 10.1 Å². The molecule has 0 fully saturated rings. The van der Waals surface area contributed by atoms with Gasteiger partial charge in [-0.15, -0.1) is 0 Å². The normalized spacial score (nSPS) is 10.2. The van der Waals surface area contributed by atoms with Crippen molar-refractivity contribution in [2.24, 2.45) is 0 Å². The molecule has 0 atom stereocenters. The minimum absolute atomic E-state index is 0.159. The van der Waals surface area contributed by atoms with Gasteiger partial charge in [0.25, 0.3) is 5.91 Å². The molecule has 104 valence electrons. The summed E-state index contributed by atoms with van der Waals surface area (Å²) in [5.41, 5.74) is 1.33. The smallest absolute Gasteiger partial charge is 0.255 e. The third-order valence-corrected chi connectivity index (χ3v) is 3.73. The van der Waals surface area contributed by atoms with E-state index in [4.69, 9.17) is 16.3 Å². The molecule has 1 amide bonds. The van der Waals surface area contributed by atoms with Gasteiger partial charge in [0.1, 0.15) is 5.75 Å². The van der Waals surface area contributed by atoms with Gasteiger partial charge >= 0.3 is 0 Å². The SMILES string of the molecule is CCOc1ccc(C(=O)Nc2ccc(Cl)cc2I)cc1. The van der Waals surface area contributed by atoms with Crippen LogP contribution in [0.1, 0.15) is 17.3 Å². The van der Waals surface area contributed by atoms with E-state index in [0.717, 1.165) is 15.0 Å². The summed E-state index contributed by atoms with van der Waals surface area (Å²) >= 11 is 8.02. The van der Waals surface area contributed by atoms with Crippen LogP contribution in [0.25, 0.3) is 0 Å². The second kappa shape index (κ2) is 6.95. The van der Waals surface area contributed by atoms with E-state index in [1.807, 2.05) is 6.92 Å². The number of ether oxygens (including phenoxy) is 1. The van der Waals surface area contributed by atoms with E-state index in [-0.39, 0.29) is 5.91 Å². The first-order valence-corrected chi connectivity index (χ1v) is 7.55. The highest BCUT2D eigenvalue weighted by molar-refractivity contribution is 14.1. The second-order valence-corrected chi connectivity index (χ2v) is 5.63. The maximum absolute atomic E-state index is 12.1. The average molecular weight is 402 g/mol. The Hall–Kier alpha value is -1.27.